The maximum atomic E-state index is 11.1. The number of aliphatic carboxylic acids is 1. The van der Waals surface area contributed by atoms with Gasteiger partial charge in [0.15, 0.2) is 0 Å². The zero-order valence-corrected chi connectivity index (χ0v) is 11.7. The molecule has 6 heteroatoms. The van der Waals surface area contributed by atoms with Crippen LogP contribution in [0, 0.1) is 0 Å². The number of unbranched alkanes of at least 4 members (excludes halogenated alkanes) is 1. The fourth-order valence-electron chi connectivity index (χ4n) is 1.28. The number of nitrogens with one attached hydrogen (secondary N) is 1. The molecule has 0 aromatic carbocycles. The Labute approximate surface area is 114 Å². The van der Waals surface area contributed by atoms with Crippen LogP contribution in [0.25, 0.3) is 0 Å². The lowest BCUT2D eigenvalue weighted by Crippen LogP contribution is -2.25. The number of hydrogen-bond acceptors (Lipinski definition) is 4. The van der Waals surface area contributed by atoms with Crippen molar-refractivity contribution < 1.29 is 24.2 Å². The molecule has 0 aliphatic heterocycles. The van der Waals surface area contributed by atoms with Crippen molar-refractivity contribution in [1.29, 1.82) is 0 Å². The molecule has 0 fully saturated rings. The van der Waals surface area contributed by atoms with Gasteiger partial charge >= 0.3 is 5.97 Å². The minimum Gasteiger partial charge on any atom is -0.481 e. The SMILES string of the molecule is CCCCOCCOCCCNC(=O)CCC(=O)O. The smallest absolute Gasteiger partial charge is 0.303 e. The molecule has 0 aliphatic carbocycles. The Morgan fingerprint density at radius 1 is 1.00 bits per heavy atom. The van der Waals surface area contributed by atoms with Crippen molar-refractivity contribution in [2.45, 2.75) is 39.0 Å². The molecular formula is C13H25NO5. The number of ether oxygens (including phenoxy) is 2. The summed E-state index contributed by atoms with van der Waals surface area (Å²) < 4.78 is 10.6. The van der Waals surface area contributed by atoms with E-state index in [1.165, 1.54) is 0 Å². The third-order valence-electron chi connectivity index (χ3n) is 2.37. The molecule has 1 amide bonds. The monoisotopic (exact) mass is 275 g/mol. The molecule has 112 valence electrons. The van der Waals surface area contributed by atoms with Gasteiger partial charge in [-0.2, -0.15) is 0 Å². The van der Waals surface area contributed by atoms with Crippen molar-refractivity contribution >= 4 is 11.9 Å². The summed E-state index contributed by atoms with van der Waals surface area (Å²) in [5.41, 5.74) is 0. The average Bonchev–Trinajstić information content (AvgIpc) is 2.38. The molecule has 0 unspecified atom stereocenters. The standard InChI is InChI=1S/C13H25NO5/c1-2-3-8-18-10-11-19-9-4-7-14-12(15)5-6-13(16)17/h2-11H2,1H3,(H,14,15)(H,16,17). The minimum atomic E-state index is -0.957. The first-order valence-corrected chi connectivity index (χ1v) is 6.80. The molecule has 0 aliphatic rings. The largest absolute Gasteiger partial charge is 0.481 e. The molecule has 0 spiro atoms. The summed E-state index contributed by atoms with van der Waals surface area (Å²) in [5.74, 6) is -1.19. The maximum absolute atomic E-state index is 11.1. The van der Waals surface area contributed by atoms with E-state index in [9.17, 15) is 9.59 Å². The van der Waals surface area contributed by atoms with E-state index >= 15 is 0 Å². The average molecular weight is 275 g/mol. The quantitative estimate of drug-likeness (QED) is 0.493. The molecular weight excluding hydrogens is 250 g/mol. The van der Waals surface area contributed by atoms with Crippen LogP contribution in [0.15, 0.2) is 0 Å². The Kier molecular flexibility index (Phi) is 12.5. The van der Waals surface area contributed by atoms with Gasteiger partial charge in [-0.1, -0.05) is 13.3 Å². The predicted molar refractivity (Wildman–Crippen MR) is 71.0 cm³/mol. The lowest BCUT2D eigenvalue weighted by atomic mass is 10.3. The summed E-state index contributed by atoms with van der Waals surface area (Å²) in [7, 11) is 0. The molecule has 2 N–H and O–H groups in total. The highest BCUT2D eigenvalue weighted by atomic mass is 16.5. The molecule has 0 aromatic heterocycles. The van der Waals surface area contributed by atoms with Crippen molar-refractivity contribution in [2.75, 3.05) is 33.0 Å². The number of carboxylic acid groups (broad SMARTS) is 1. The van der Waals surface area contributed by atoms with E-state index in [0.29, 0.717) is 32.8 Å². The number of rotatable bonds is 13. The minimum absolute atomic E-state index is 0.0292. The Morgan fingerprint density at radius 3 is 2.21 bits per heavy atom. The molecule has 6 nitrogen and oxygen atoms in total. The van der Waals surface area contributed by atoms with Crippen molar-refractivity contribution in [2.24, 2.45) is 0 Å². The van der Waals surface area contributed by atoms with Crippen LogP contribution in [0.4, 0.5) is 0 Å². The summed E-state index contributed by atoms with van der Waals surface area (Å²) in [4.78, 5) is 21.4. The van der Waals surface area contributed by atoms with E-state index in [4.69, 9.17) is 14.6 Å². The summed E-state index contributed by atoms with van der Waals surface area (Å²) >= 11 is 0. The lowest BCUT2D eigenvalue weighted by Gasteiger charge is -2.06. The molecule has 0 saturated carbocycles. The van der Waals surface area contributed by atoms with Crippen LogP contribution in [0.1, 0.15) is 39.0 Å². The van der Waals surface area contributed by atoms with Crippen LogP contribution in [0.2, 0.25) is 0 Å². The Balaban J connectivity index is 3.13. The van der Waals surface area contributed by atoms with Crippen molar-refractivity contribution in [3.05, 3.63) is 0 Å². The van der Waals surface area contributed by atoms with E-state index in [0.717, 1.165) is 19.4 Å². The Morgan fingerprint density at radius 2 is 1.63 bits per heavy atom. The predicted octanol–water partition coefficient (Wildman–Crippen LogP) is 1.19. The van der Waals surface area contributed by atoms with Gasteiger partial charge in [0.05, 0.1) is 19.6 Å². The van der Waals surface area contributed by atoms with E-state index in [1.54, 1.807) is 0 Å². The highest BCUT2D eigenvalue weighted by Crippen LogP contribution is 1.90. The Bertz CT molecular complexity index is 245. The molecule has 0 radical (unpaired) electrons. The molecule has 0 bridgehead atoms. The number of carbonyl (C=O) groups excluding carboxylic acids is 1. The molecule has 0 aromatic rings. The summed E-state index contributed by atoms with van der Waals surface area (Å²) in [6, 6.07) is 0. The topological polar surface area (TPSA) is 84.9 Å². The second kappa shape index (κ2) is 13.3. The van der Waals surface area contributed by atoms with Crippen molar-refractivity contribution in [1.82, 2.24) is 5.32 Å². The number of amides is 1. The van der Waals surface area contributed by atoms with Crippen LogP contribution in [-0.2, 0) is 19.1 Å². The molecule has 0 atom stereocenters. The van der Waals surface area contributed by atoms with Gasteiger partial charge in [-0.05, 0) is 12.8 Å². The number of carbonyl (C=O) groups is 2. The van der Waals surface area contributed by atoms with E-state index in [-0.39, 0.29) is 18.7 Å². The van der Waals surface area contributed by atoms with E-state index < -0.39 is 5.97 Å². The molecule has 0 rings (SSSR count). The first kappa shape index (κ1) is 17.9. The van der Waals surface area contributed by atoms with Gasteiger partial charge < -0.3 is 19.9 Å². The van der Waals surface area contributed by atoms with Gasteiger partial charge in [0, 0.05) is 26.2 Å². The van der Waals surface area contributed by atoms with Crippen LogP contribution < -0.4 is 5.32 Å². The van der Waals surface area contributed by atoms with Crippen LogP contribution in [0.5, 0.6) is 0 Å². The third-order valence-corrected chi connectivity index (χ3v) is 2.37. The molecule has 0 saturated heterocycles. The second-order valence-electron chi connectivity index (χ2n) is 4.18. The Hall–Kier alpha value is -1.14. The third kappa shape index (κ3) is 14.8. The first-order valence-electron chi connectivity index (χ1n) is 6.80. The van der Waals surface area contributed by atoms with Gasteiger partial charge in [-0.15, -0.1) is 0 Å². The zero-order chi connectivity index (χ0) is 14.3. The summed E-state index contributed by atoms with van der Waals surface area (Å²) in [6.07, 6.45) is 2.82. The van der Waals surface area contributed by atoms with Gasteiger partial charge in [0.2, 0.25) is 5.91 Å². The lowest BCUT2D eigenvalue weighted by molar-refractivity contribution is -0.138. The van der Waals surface area contributed by atoms with Crippen molar-refractivity contribution in [3.63, 3.8) is 0 Å². The normalized spacial score (nSPS) is 10.4. The van der Waals surface area contributed by atoms with E-state index in [1.807, 2.05) is 0 Å². The number of carboxylic acids is 1. The van der Waals surface area contributed by atoms with E-state index in [2.05, 4.69) is 12.2 Å². The zero-order valence-electron chi connectivity index (χ0n) is 11.7. The first-order chi connectivity index (χ1) is 9.16. The van der Waals surface area contributed by atoms with Gasteiger partial charge in [-0.3, -0.25) is 9.59 Å². The van der Waals surface area contributed by atoms with Crippen molar-refractivity contribution in [3.8, 4) is 0 Å². The molecule has 19 heavy (non-hydrogen) atoms. The summed E-state index contributed by atoms with van der Waals surface area (Å²) in [6.45, 7) is 5.14. The number of hydrogen-bond donors (Lipinski definition) is 2. The van der Waals surface area contributed by atoms with Gasteiger partial charge in [-0.25, -0.2) is 0 Å². The van der Waals surface area contributed by atoms with Crippen LogP contribution in [-0.4, -0.2) is 50.0 Å². The molecule has 0 heterocycles. The van der Waals surface area contributed by atoms with Gasteiger partial charge in [0.1, 0.15) is 0 Å². The van der Waals surface area contributed by atoms with Crippen LogP contribution >= 0.6 is 0 Å². The highest BCUT2D eigenvalue weighted by molar-refractivity contribution is 5.80. The van der Waals surface area contributed by atoms with Gasteiger partial charge in [0.25, 0.3) is 0 Å². The highest BCUT2D eigenvalue weighted by Gasteiger charge is 2.03. The maximum Gasteiger partial charge on any atom is 0.303 e. The van der Waals surface area contributed by atoms with Crippen LogP contribution in [0.3, 0.4) is 0 Å². The summed E-state index contributed by atoms with van der Waals surface area (Å²) in [5, 5.41) is 11.0. The fraction of sp³-hybridized carbons (Fsp3) is 0.846. The fourth-order valence-corrected chi connectivity index (χ4v) is 1.28. The second-order valence-corrected chi connectivity index (χ2v) is 4.18.